The molecule has 0 fully saturated rings. The van der Waals surface area contributed by atoms with Gasteiger partial charge in [-0.05, 0) is 17.7 Å². The summed E-state index contributed by atoms with van der Waals surface area (Å²) in [6.07, 6.45) is 0. The molecule has 0 unspecified atom stereocenters. The minimum absolute atomic E-state index is 0.0490. The van der Waals surface area contributed by atoms with Gasteiger partial charge in [-0.25, -0.2) is 4.39 Å². The van der Waals surface area contributed by atoms with Gasteiger partial charge in [-0.1, -0.05) is 6.07 Å². The molecular formula is C8H7FN2. The van der Waals surface area contributed by atoms with Crippen LogP contribution in [-0.4, -0.2) is 0 Å². The van der Waals surface area contributed by atoms with Gasteiger partial charge in [0.1, 0.15) is 11.9 Å². The highest BCUT2D eigenvalue weighted by Crippen LogP contribution is 2.08. The Morgan fingerprint density at radius 3 is 2.82 bits per heavy atom. The molecule has 0 heterocycles. The molecule has 0 saturated carbocycles. The second-order valence-electron chi connectivity index (χ2n) is 2.13. The molecule has 56 valence electrons. The summed E-state index contributed by atoms with van der Waals surface area (Å²) in [7, 11) is 0. The SMILES string of the molecule is N#Cc1cc(CN)ccc1F. The largest absolute Gasteiger partial charge is 0.326 e. The fourth-order valence-corrected chi connectivity index (χ4v) is 0.785. The van der Waals surface area contributed by atoms with Crippen molar-refractivity contribution in [3.63, 3.8) is 0 Å². The average Bonchev–Trinajstić information content (AvgIpc) is 2.05. The van der Waals surface area contributed by atoms with Crippen LogP contribution < -0.4 is 5.73 Å². The molecule has 1 aromatic carbocycles. The Morgan fingerprint density at radius 2 is 2.27 bits per heavy atom. The second kappa shape index (κ2) is 3.13. The van der Waals surface area contributed by atoms with Crippen LogP contribution in [0.3, 0.4) is 0 Å². The molecular weight excluding hydrogens is 143 g/mol. The Bertz CT molecular complexity index is 301. The molecule has 0 saturated heterocycles. The monoisotopic (exact) mass is 150 g/mol. The van der Waals surface area contributed by atoms with Gasteiger partial charge < -0.3 is 5.73 Å². The third-order valence-corrected chi connectivity index (χ3v) is 1.39. The van der Waals surface area contributed by atoms with Crippen molar-refractivity contribution in [2.24, 2.45) is 5.73 Å². The molecule has 0 bridgehead atoms. The molecule has 0 spiro atoms. The molecule has 1 rings (SSSR count). The Kier molecular flexibility index (Phi) is 2.19. The van der Waals surface area contributed by atoms with Gasteiger partial charge in [-0.15, -0.1) is 0 Å². The minimum Gasteiger partial charge on any atom is -0.326 e. The molecule has 2 nitrogen and oxygen atoms in total. The van der Waals surface area contributed by atoms with E-state index in [2.05, 4.69) is 0 Å². The first kappa shape index (κ1) is 7.70. The number of hydrogen-bond acceptors (Lipinski definition) is 2. The van der Waals surface area contributed by atoms with Gasteiger partial charge in [-0.2, -0.15) is 5.26 Å². The maximum Gasteiger partial charge on any atom is 0.140 e. The van der Waals surface area contributed by atoms with Crippen LogP contribution in [0.15, 0.2) is 18.2 Å². The Morgan fingerprint density at radius 1 is 1.55 bits per heavy atom. The van der Waals surface area contributed by atoms with E-state index < -0.39 is 5.82 Å². The quantitative estimate of drug-likeness (QED) is 0.653. The van der Waals surface area contributed by atoms with Crippen LogP contribution in [0.1, 0.15) is 11.1 Å². The summed E-state index contributed by atoms with van der Waals surface area (Å²) < 4.78 is 12.6. The van der Waals surface area contributed by atoms with E-state index in [9.17, 15) is 4.39 Å². The van der Waals surface area contributed by atoms with Crippen molar-refractivity contribution in [1.29, 1.82) is 5.26 Å². The Balaban J connectivity index is 3.15. The van der Waals surface area contributed by atoms with Gasteiger partial charge in [-0.3, -0.25) is 0 Å². The number of benzene rings is 1. The standard InChI is InChI=1S/C8H7FN2/c9-8-2-1-6(4-10)3-7(8)5-11/h1-3H,4,10H2. The van der Waals surface area contributed by atoms with Crippen LogP contribution in [0.4, 0.5) is 4.39 Å². The van der Waals surface area contributed by atoms with Crippen molar-refractivity contribution in [3.8, 4) is 6.07 Å². The molecule has 0 aromatic heterocycles. The van der Waals surface area contributed by atoms with Gasteiger partial charge in [0.2, 0.25) is 0 Å². The normalized spacial score (nSPS) is 9.18. The van der Waals surface area contributed by atoms with Crippen molar-refractivity contribution in [2.75, 3.05) is 0 Å². The summed E-state index contributed by atoms with van der Waals surface area (Å²) in [6, 6.07) is 6.01. The molecule has 0 aliphatic rings. The van der Waals surface area contributed by atoms with Crippen LogP contribution in [0, 0.1) is 17.1 Å². The van der Waals surface area contributed by atoms with Crippen molar-refractivity contribution < 1.29 is 4.39 Å². The number of nitriles is 1. The topological polar surface area (TPSA) is 49.8 Å². The van der Waals surface area contributed by atoms with Crippen LogP contribution >= 0.6 is 0 Å². The first-order chi connectivity index (χ1) is 5.27. The summed E-state index contributed by atoms with van der Waals surface area (Å²) in [5, 5.41) is 8.41. The van der Waals surface area contributed by atoms with E-state index in [0.29, 0.717) is 6.54 Å². The zero-order valence-electron chi connectivity index (χ0n) is 5.84. The maximum atomic E-state index is 12.6. The summed E-state index contributed by atoms with van der Waals surface area (Å²) in [6.45, 7) is 0.328. The fraction of sp³-hybridized carbons (Fsp3) is 0.125. The highest BCUT2D eigenvalue weighted by atomic mass is 19.1. The van der Waals surface area contributed by atoms with Crippen LogP contribution in [-0.2, 0) is 6.54 Å². The highest BCUT2D eigenvalue weighted by molar-refractivity contribution is 5.34. The molecule has 0 amide bonds. The lowest BCUT2D eigenvalue weighted by atomic mass is 10.1. The smallest absolute Gasteiger partial charge is 0.140 e. The minimum atomic E-state index is -0.496. The Labute approximate surface area is 64.1 Å². The molecule has 0 aliphatic heterocycles. The average molecular weight is 150 g/mol. The predicted molar refractivity (Wildman–Crippen MR) is 39.0 cm³/mol. The van der Waals surface area contributed by atoms with E-state index in [4.69, 9.17) is 11.0 Å². The number of nitrogens with zero attached hydrogens (tertiary/aromatic N) is 1. The lowest BCUT2D eigenvalue weighted by Gasteiger charge is -1.96. The third-order valence-electron chi connectivity index (χ3n) is 1.39. The fourth-order valence-electron chi connectivity index (χ4n) is 0.785. The molecule has 0 radical (unpaired) electrons. The van der Waals surface area contributed by atoms with Gasteiger partial charge in [0.15, 0.2) is 0 Å². The lowest BCUT2D eigenvalue weighted by molar-refractivity contribution is 0.623. The second-order valence-corrected chi connectivity index (χ2v) is 2.13. The van der Waals surface area contributed by atoms with Crippen LogP contribution in [0.2, 0.25) is 0 Å². The number of rotatable bonds is 1. The highest BCUT2D eigenvalue weighted by Gasteiger charge is 2.00. The summed E-state index contributed by atoms with van der Waals surface area (Å²) in [5.74, 6) is -0.496. The zero-order chi connectivity index (χ0) is 8.27. The molecule has 3 heteroatoms. The van der Waals surface area contributed by atoms with Crippen LogP contribution in [0.25, 0.3) is 0 Å². The Hall–Kier alpha value is -1.40. The summed E-state index contributed by atoms with van der Waals surface area (Å²) >= 11 is 0. The molecule has 11 heavy (non-hydrogen) atoms. The van der Waals surface area contributed by atoms with E-state index in [0.717, 1.165) is 5.56 Å². The van der Waals surface area contributed by atoms with E-state index in [-0.39, 0.29) is 5.56 Å². The first-order valence-electron chi connectivity index (χ1n) is 3.16. The zero-order valence-corrected chi connectivity index (χ0v) is 5.84. The van der Waals surface area contributed by atoms with Gasteiger partial charge >= 0.3 is 0 Å². The van der Waals surface area contributed by atoms with Gasteiger partial charge in [0, 0.05) is 6.54 Å². The summed E-state index contributed by atoms with van der Waals surface area (Å²) in [5.41, 5.74) is 6.11. The molecule has 2 N–H and O–H groups in total. The van der Waals surface area contributed by atoms with E-state index in [1.807, 2.05) is 0 Å². The maximum absolute atomic E-state index is 12.6. The van der Waals surface area contributed by atoms with Crippen molar-refractivity contribution in [1.82, 2.24) is 0 Å². The van der Waals surface area contributed by atoms with Gasteiger partial charge in [0.05, 0.1) is 5.56 Å². The van der Waals surface area contributed by atoms with Crippen molar-refractivity contribution in [2.45, 2.75) is 6.54 Å². The number of hydrogen-bond donors (Lipinski definition) is 1. The van der Waals surface area contributed by atoms with Gasteiger partial charge in [0.25, 0.3) is 0 Å². The number of halogens is 1. The lowest BCUT2D eigenvalue weighted by Crippen LogP contribution is -1.97. The van der Waals surface area contributed by atoms with E-state index in [1.165, 1.54) is 12.1 Å². The van der Waals surface area contributed by atoms with Crippen molar-refractivity contribution >= 4 is 0 Å². The predicted octanol–water partition coefficient (Wildman–Crippen LogP) is 1.16. The van der Waals surface area contributed by atoms with E-state index in [1.54, 1.807) is 12.1 Å². The molecule has 0 atom stereocenters. The van der Waals surface area contributed by atoms with E-state index >= 15 is 0 Å². The first-order valence-corrected chi connectivity index (χ1v) is 3.16. The molecule has 0 aliphatic carbocycles. The number of nitrogens with two attached hydrogens (primary N) is 1. The molecule has 1 aromatic rings. The van der Waals surface area contributed by atoms with Crippen molar-refractivity contribution in [3.05, 3.63) is 35.1 Å². The summed E-state index contributed by atoms with van der Waals surface area (Å²) in [4.78, 5) is 0. The third kappa shape index (κ3) is 1.54. The van der Waals surface area contributed by atoms with Crippen LogP contribution in [0.5, 0.6) is 0 Å².